The Hall–Kier alpha value is -1.63. The fraction of sp³-hybridized carbons (Fsp3) is 0.467. The van der Waals surface area contributed by atoms with Gasteiger partial charge in [-0.2, -0.15) is 8.78 Å². The Bertz CT molecular complexity index is 523. The fourth-order valence-electron chi connectivity index (χ4n) is 2.30. The molecule has 0 aliphatic carbocycles. The first-order valence-electron chi connectivity index (χ1n) is 7.17. The quantitative estimate of drug-likeness (QED) is 0.618. The van der Waals surface area contributed by atoms with E-state index in [1.165, 1.54) is 24.3 Å². The average molecular weight is 328 g/mol. The van der Waals surface area contributed by atoms with E-state index in [1.54, 1.807) is 0 Å². The molecule has 0 aromatic heterocycles. The first-order chi connectivity index (χ1) is 10.6. The van der Waals surface area contributed by atoms with Crippen LogP contribution in [0, 0.1) is 0 Å². The number of carbonyl (C=O) groups is 2. The Morgan fingerprint density at radius 1 is 1.32 bits per heavy atom. The molecule has 7 heteroatoms. The number of likely N-dealkylation sites (tertiary alicyclic amines) is 1. The highest BCUT2D eigenvalue weighted by molar-refractivity contribution is 7.99. The van der Waals surface area contributed by atoms with Gasteiger partial charge in [0.05, 0.1) is 0 Å². The van der Waals surface area contributed by atoms with Gasteiger partial charge in [-0.05, 0) is 37.1 Å². The molecule has 0 radical (unpaired) electrons. The SMILES string of the molecule is O=C(NCCCN1CCCC1=O)c1ccc(SC(F)F)cc1. The van der Waals surface area contributed by atoms with E-state index in [0.717, 1.165) is 13.0 Å². The van der Waals surface area contributed by atoms with Gasteiger partial charge in [0.25, 0.3) is 11.7 Å². The minimum Gasteiger partial charge on any atom is -0.352 e. The monoisotopic (exact) mass is 328 g/mol. The number of alkyl halides is 2. The maximum Gasteiger partial charge on any atom is 0.288 e. The van der Waals surface area contributed by atoms with Crippen molar-refractivity contribution in [3.8, 4) is 0 Å². The van der Waals surface area contributed by atoms with Gasteiger partial charge >= 0.3 is 0 Å². The molecule has 120 valence electrons. The highest BCUT2D eigenvalue weighted by Gasteiger charge is 2.19. The van der Waals surface area contributed by atoms with Crippen molar-refractivity contribution in [2.24, 2.45) is 0 Å². The largest absolute Gasteiger partial charge is 0.352 e. The molecule has 1 aliphatic rings. The molecule has 0 saturated carbocycles. The van der Waals surface area contributed by atoms with Crippen LogP contribution in [-0.2, 0) is 4.79 Å². The number of amides is 2. The van der Waals surface area contributed by atoms with Crippen molar-refractivity contribution >= 4 is 23.6 Å². The molecule has 1 aromatic carbocycles. The molecule has 22 heavy (non-hydrogen) atoms. The van der Waals surface area contributed by atoms with Gasteiger partial charge in [0.1, 0.15) is 0 Å². The van der Waals surface area contributed by atoms with E-state index < -0.39 is 5.76 Å². The lowest BCUT2D eigenvalue weighted by Crippen LogP contribution is -2.30. The van der Waals surface area contributed by atoms with Crippen LogP contribution in [0.1, 0.15) is 29.6 Å². The molecule has 1 fully saturated rings. The van der Waals surface area contributed by atoms with Crippen molar-refractivity contribution in [3.05, 3.63) is 29.8 Å². The van der Waals surface area contributed by atoms with Crippen LogP contribution in [-0.4, -0.2) is 42.1 Å². The molecule has 0 atom stereocenters. The number of hydrogen-bond acceptors (Lipinski definition) is 3. The summed E-state index contributed by atoms with van der Waals surface area (Å²) in [4.78, 5) is 25.5. The first kappa shape index (κ1) is 16.7. The third kappa shape index (κ3) is 4.98. The highest BCUT2D eigenvalue weighted by atomic mass is 32.2. The smallest absolute Gasteiger partial charge is 0.288 e. The number of thioether (sulfide) groups is 1. The van der Waals surface area contributed by atoms with E-state index in [4.69, 9.17) is 0 Å². The summed E-state index contributed by atoms with van der Waals surface area (Å²) in [6, 6.07) is 6.08. The zero-order valence-corrected chi connectivity index (χ0v) is 12.9. The summed E-state index contributed by atoms with van der Waals surface area (Å²) >= 11 is 0.452. The summed E-state index contributed by atoms with van der Waals surface area (Å²) in [6.45, 7) is 1.94. The highest BCUT2D eigenvalue weighted by Crippen LogP contribution is 2.25. The van der Waals surface area contributed by atoms with Crippen LogP contribution >= 0.6 is 11.8 Å². The van der Waals surface area contributed by atoms with Crippen LogP contribution in [0.3, 0.4) is 0 Å². The third-order valence-electron chi connectivity index (χ3n) is 3.40. The summed E-state index contributed by atoms with van der Waals surface area (Å²) in [6.07, 6.45) is 2.24. The summed E-state index contributed by atoms with van der Waals surface area (Å²) in [5, 5.41) is 2.77. The predicted molar refractivity (Wildman–Crippen MR) is 81.1 cm³/mol. The molecule has 1 saturated heterocycles. The van der Waals surface area contributed by atoms with Gasteiger partial charge in [-0.1, -0.05) is 11.8 Å². The second-order valence-corrected chi connectivity index (χ2v) is 6.06. The molecular formula is C15H18F2N2O2S. The second kappa shape index (κ2) is 8.12. The topological polar surface area (TPSA) is 49.4 Å². The summed E-state index contributed by atoms with van der Waals surface area (Å²) in [5.41, 5.74) is 0.441. The third-order valence-corrected chi connectivity index (χ3v) is 4.13. The van der Waals surface area contributed by atoms with Crippen LogP contribution in [0.15, 0.2) is 29.2 Å². The Balaban J connectivity index is 1.71. The first-order valence-corrected chi connectivity index (χ1v) is 8.05. The van der Waals surface area contributed by atoms with Crippen LogP contribution < -0.4 is 5.32 Å². The van der Waals surface area contributed by atoms with Crippen LogP contribution in [0.2, 0.25) is 0 Å². The summed E-state index contributed by atoms with van der Waals surface area (Å²) < 4.78 is 24.4. The van der Waals surface area contributed by atoms with E-state index in [1.807, 2.05) is 4.90 Å². The van der Waals surface area contributed by atoms with E-state index >= 15 is 0 Å². The van der Waals surface area contributed by atoms with Crippen molar-refractivity contribution in [1.82, 2.24) is 10.2 Å². The van der Waals surface area contributed by atoms with E-state index in [0.29, 0.717) is 48.2 Å². The van der Waals surface area contributed by atoms with Gasteiger partial charge in [-0.15, -0.1) is 0 Å². The zero-order valence-electron chi connectivity index (χ0n) is 12.1. The average Bonchev–Trinajstić information content (AvgIpc) is 2.89. The van der Waals surface area contributed by atoms with Gasteiger partial charge in [0, 0.05) is 36.5 Å². The van der Waals surface area contributed by atoms with Crippen molar-refractivity contribution in [2.75, 3.05) is 19.6 Å². The van der Waals surface area contributed by atoms with Crippen molar-refractivity contribution in [1.29, 1.82) is 0 Å². The molecule has 1 N–H and O–H groups in total. The molecule has 1 aromatic rings. The molecule has 2 amide bonds. The molecule has 0 bridgehead atoms. The number of nitrogens with one attached hydrogen (secondary N) is 1. The summed E-state index contributed by atoms with van der Waals surface area (Å²) in [5.74, 6) is -2.52. The zero-order chi connectivity index (χ0) is 15.9. The molecule has 1 aliphatic heterocycles. The van der Waals surface area contributed by atoms with Crippen LogP contribution in [0.25, 0.3) is 0 Å². The van der Waals surface area contributed by atoms with E-state index in [-0.39, 0.29) is 11.8 Å². The minimum absolute atomic E-state index is 0.179. The Kier molecular flexibility index (Phi) is 6.18. The van der Waals surface area contributed by atoms with Gasteiger partial charge in [-0.3, -0.25) is 9.59 Å². The number of halogens is 2. The van der Waals surface area contributed by atoms with Crippen molar-refractivity contribution in [2.45, 2.75) is 29.9 Å². The van der Waals surface area contributed by atoms with Gasteiger partial charge in [0.2, 0.25) is 5.91 Å². The number of rotatable bonds is 7. The standard InChI is InChI=1S/C15H18F2N2O2S/c16-15(17)22-12-6-4-11(5-7-12)14(21)18-8-2-10-19-9-1-3-13(19)20/h4-7,15H,1-3,8-10H2,(H,18,21). The summed E-state index contributed by atoms with van der Waals surface area (Å²) in [7, 11) is 0. The van der Waals surface area contributed by atoms with E-state index in [2.05, 4.69) is 5.32 Å². The minimum atomic E-state index is -2.46. The van der Waals surface area contributed by atoms with Crippen LogP contribution in [0.5, 0.6) is 0 Å². The fourth-order valence-corrected chi connectivity index (χ4v) is 2.80. The van der Waals surface area contributed by atoms with E-state index in [9.17, 15) is 18.4 Å². The normalized spacial score (nSPS) is 14.7. The Morgan fingerprint density at radius 2 is 2.05 bits per heavy atom. The molecule has 2 rings (SSSR count). The van der Waals surface area contributed by atoms with Crippen LogP contribution in [0.4, 0.5) is 8.78 Å². The molecule has 0 unspecified atom stereocenters. The van der Waals surface area contributed by atoms with Gasteiger partial charge in [-0.25, -0.2) is 0 Å². The van der Waals surface area contributed by atoms with Crippen molar-refractivity contribution in [3.63, 3.8) is 0 Å². The number of nitrogens with zero attached hydrogens (tertiary/aromatic N) is 1. The molecule has 1 heterocycles. The molecule has 0 spiro atoms. The van der Waals surface area contributed by atoms with Gasteiger partial charge < -0.3 is 10.2 Å². The lowest BCUT2D eigenvalue weighted by molar-refractivity contribution is -0.127. The molecular weight excluding hydrogens is 310 g/mol. The van der Waals surface area contributed by atoms with Gasteiger partial charge in [0.15, 0.2) is 0 Å². The maximum absolute atomic E-state index is 12.2. The number of carbonyl (C=O) groups excluding carboxylic acids is 2. The lowest BCUT2D eigenvalue weighted by Gasteiger charge is -2.15. The number of benzene rings is 1. The lowest BCUT2D eigenvalue weighted by atomic mass is 10.2. The van der Waals surface area contributed by atoms with Crippen molar-refractivity contribution < 1.29 is 18.4 Å². The molecule has 4 nitrogen and oxygen atoms in total. The Morgan fingerprint density at radius 3 is 2.64 bits per heavy atom. The maximum atomic E-state index is 12.2. The predicted octanol–water partition coefficient (Wildman–Crippen LogP) is 2.74. The Labute approximate surface area is 132 Å². The number of hydrogen-bond donors (Lipinski definition) is 1. The second-order valence-electron chi connectivity index (χ2n) is 5.00.